The molecule has 1 heterocycles. The number of aromatic nitrogens is 1. The highest BCUT2D eigenvalue weighted by Gasteiger charge is 2.22. The van der Waals surface area contributed by atoms with Crippen LogP contribution >= 0.6 is 0 Å². The highest BCUT2D eigenvalue weighted by atomic mass is 32.2. The van der Waals surface area contributed by atoms with Crippen LogP contribution in [0, 0.1) is 0 Å². The number of carboxylic acid groups (broad SMARTS) is 1. The fourth-order valence-electron chi connectivity index (χ4n) is 1.43. The second-order valence-electron chi connectivity index (χ2n) is 3.89. The van der Waals surface area contributed by atoms with E-state index in [-0.39, 0.29) is 17.2 Å². The van der Waals surface area contributed by atoms with Crippen LogP contribution in [-0.2, 0) is 17.1 Å². The third-order valence-electron chi connectivity index (χ3n) is 2.54. The first-order chi connectivity index (χ1) is 8.31. The Hall–Kier alpha value is -1.38. The van der Waals surface area contributed by atoms with Gasteiger partial charge < -0.3 is 14.8 Å². The molecule has 0 radical (unpaired) electrons. The highest BCUT2D eigenvalue weighted by Crippen LogP contribution is 2.14. The molecule has 0 aliphatic heterocycles. The summed E-state index contributed by atoms with van der Waals surface area (Å²) in [5.41, 5.74) is -0.118. The van der Waals surface area contributed by atoms with Gasteiger partial charge in [-0.05, 0) is 12.5 Å². The Kier molecular flexibility index (Phi) is 4.49. The van der Waals surface area contributed by atoms with Gasteiger partial charge in [0.25, 0.3) is 0 Å². The van der Waals surface area contributed by atoms with E-state index in [0.29, 0.717) is 6.42 Å². The van der Waals surface area contributed by atoms with Crippen LogP contribution in [0.1, 0.15) is 23.8 Å². The number of aryl methyl sites for hydroxylation is 1. The summed E-state index contributed by atoms with van der Waals surface area (Å²) in [4.78, 5) is 10.7. The van der Waals surface area contributed by atoms with Gasteiger partial charge in [-0.25, -0.2) is 17.9 Å². The molecule has 0 aromatic carbocycles. The number of hydrogen-bond acceptors (Lipinski definition) is 4. The quantitative estimate of drug-likeness (QED) is 0.665. The average molecular weight is 276 g/mol. The molecular formula is C10H16N2O5S. The van der Waals surface area contributed by atoms with Crippen molar-refractivity contribution >= 4 is 16.0 Å². The number of nitrogens with one attached hydrogen (secondary N) is 1. The van der Waals surface area contributed by atoms with Crippen molar-refractivity contribution in [3.05, 3.63) is 18.0 Å². The predicted molar refractivity (Wildman–Crippen MR) is 63.9 cm³/mol. The van der Waals surface area contributed by atoms with Gasteiger partial charge in [0.1, 0.15) is 10.6 Å². The molecule has 1 aromatic heterocycles. The molecule has 7 nitrogen and oxygen atoms in total. The van der Waals surface area contributed by atoms with E-state index in [4.69, 9.17) is 10.2 Å². The van der Waals surface area contributed by atoms with Crippen molar-refractivity contribution in [1.29, 1.82) is 0 Å². The normalized spacial score (nSPS) is 13.5. The van der Waals surface area contributed by atoms with Gasteiger partial charge in [-0.3, -0.25) is 0 Å². The Labute approximate surface area is 105 Å². The summed E-state index contributed by atoms with van der Waals surface area (Å²) < 4.78 is 27.4. The first-order valence-electron chi connectivity index (χ1n) is 5.34. The van der Waals surface area contributed by atoms with Gasteiger partial charge in [-0.2, -0.15) is 0 Å². The lowest BCUT2D eigenvalue weighted by Gasteiger charge is -2.13. The van der Waals surface area contributed by atoms with Crippen molar-refractivity contribution in [2.75, 3.05) is 6.61 Å². The van der Waals surface area contributed by atoms with Gasteiger partial charge in [0.15, 0.2) is 0 Å². The molecule has 1 aromatic rings. The molecule has 0 spiro atoms. The Morgan fingerprint density at radius 2 is 2.17 bits per heavy atom. The smallest absolute Gasteiger partial charge is 0.352 e. The molecule has 0 saturated carbocycles. The van der Waals surface area contributed by atoms with Crippen molar-refractivity contribution in [2.24, 2.45) is 7.05 Å². The fraction of sp³-hybridized carbons (Fsp3) is 0.500. The highest BCUT2D eigenvalue weighted by molar-refractivity contribution is 7.89. The van der Waals surface area contributed by atoms with Crippen LogP contribution in [0.4, 0.5) is 0 Å². The summed E-state index contributed by atoms with van der Waals surface area (Å²) in [6.07, 6.45) is 1.66. The Balaban J connectivity index is 3.06. The van der Waals surface area contributed by atoms with Crippen molar-refractivity contribution in [2.45, 2.75) is 24.3 Å². The summed E-state index contributed by atoms with van der Waals surface area (Å²) in [7, 11) is -2.36. The summed E-state index contributed by atoms with van der Waals surface area (Å²) in [5.74, 6) is -1.20. The molecule has 0 fully saturated rings. The van der Waals surface area contributed by atoms with Crippen LogP contribution < -0.4 is 4.72 Å². The Bertz CT molecular complexity index is 530. The lowest BCUT2D eigenvalue weighted by Crippen LogP contribution is -2.36. The van der Waals surface area contributed by atoms with Crippen molar-refractivity contribution in [1.82, 2.24) is 9.29 Å². The molecule has 102 valence electrons. The van der Waals surface area contributed by atoms with Crippen molar-refractivity contribution in [3.8, 4) is 0 Å². The second kappa shape index (κ2) is 5.51. The zero-order valence-electron chi connectivity index (χ0n) is 10.1. The van der Waals surface area contributed by atoms with Gasteiger partial charge >= 0.3 is 5.97 Å². The molecule has 1 atom stereocenters. The SMILES string of the molecule is CC[C@@H](CO)NS(=O)(=O)c1cc(C(=O)O)n(C)c1. The van der Waals surface area contributed by atoms with Gasteiger partial charge in [0.2, 0.25) is 10.0 Å². The van der Waals surface area contributed by atoms with Crippen LogP contribution in [0.25, 0.3) is 0 Å². The summed E-state index contributed by atoms with van der Waals surface area (Å²) in [6, 6.07) is 0.498. The predicted octanol–water partition coefficient (Wildman–Crippen LogP) is -0.227. The lowest BCUT2D eigenvalue weighted by molar-refractivity contribution is 0.0686. The van der Waals surface area contributed by atoms with Gasteiger partial charge in [-0.1, -0.05) is 6.92 Å². The minimum Gasteiger partial charge on any atom is -0.477 e. The summed E-state index contributed by atoms with van der Waals surface area (Å²) in [6.45, 7) is 1.42. The average Bonchev–Trinajstić information content (AvgIpc) is 2.69. The molecule has 3 N–H and O–H groups in total. The van der Waals surface area contributed by atoms with E-state index in [1.807, 2.05) is 0 Å². The number of aliphatic hydroxyl groups excluding tert-OH is 1. The maximum absolute atomic E-state index is 11.9. The topological polar surface area (TPSA) is 109 Å². The minimum absolute atomic E-state index is 0.118. The Morgan fingerprint density at radius 1 is 1.56 bits per heavy atom. The molecule has 1 rings (SSSR count). The molecule has 0 unspecified atom stereocenters. The van der Waals surface area contributed by atoms with E-state index in [0.717, 1.165) is 6.07 Å². The number of hydrogen-bond donors (Lipinski definition) is 3. The molecule has 18 heavy (non-hydrogen) atoms. The first kappa shape index (κ1) is 14.7. The largest absolute Gasteiger partial charge is 0.477 e. The van der Waals surface area contributed by atoms with E-state index >= 15 is 0 Å². The maximum Gasteiger partial charge on any atom is 0.352 e. The number of aliphatic hydroxyl groups is 1. The third kappa shape index (κ3) is 3.09. The molecule has 0 amide bonds. The van der Waals surface area contributed by atoms with Crippen molar-refractivity contribution < 1.29 is 23.4 Å². The number of carbonyl (C=O) groups is 1. The van der Waals surface area contributed by atoms with E-state index in [9.17, 15) is 13.2 Å². The maximum atomic E-state index is 11.9. The van der Waals surface area contributed by atoms with E-state index in [1.165, 1.54) is 17.8 Å². The van der Waals surface area contributed by atoms with Crippen LogP contribution in [0.15, 0.2) is 17.2 Å². The van der Waals surface area contributed by atoms with Crippen LogP contribution in [0.2, 0.25) is 0 Å². The number of aromatic carboxylic acids is 1. The third-order valence-corrected chi connectivity index (χ3v) is 4.03. The van der Waals surface area contributed by atoms with E-state index in [2.05, 4.69) is 4.72 Å². The molecule has 0 saturated heterocycles. The molecule has 0 bridgehead atoms. The number of rotatable bonds is 6. The standard InChI is InChI=1S/C10H16N2O5S/c1-3-7(6-13)11-18(16,17)8-4-9(10(14)15)12(2)5-8/h4-5,7,11,13H,3,6H2,1-2H3,(H,14,15)/t7-/m0/s1. The lowest BCUT2D eigenvalue weighted by atomic mass is 10.3. The van der Waals surface area contributed by atoms with Crippen LogP contribution in [0.5, 0.6) is 0 Å². The van der Waals surface area contributed by atoms with Gasteiger partial charge in [0, 0.05) is 19.3 Å². The molecular weight excluding hydrogens is 260 g/mol. The molecule has 0 aliphatic rings. The Morgan fingerprint density at radius 3 is 2.56 bits per heavy atom. The van der Waals surface area contributed by atoms with Gasteiger partial charge in [-0.15, -0.1) is 0 Å². The second-order valence-corrected chi connectivity index (χ2v) is 5.60. The first-order valence-corrected chi connectivity index (χ1v) is 6.83. The summed E-state index contributed by atoms with van der Waals surface area (Å²) >= 11 is 0. The summed E-state index contributed by atoms with van der Waals surface area (Å²) in [5, 5.41) is 17.8. The van der Waals surface area contributed by atoms with Crippen LogP contribution in [0.3, 0.4) is 0 Å². The fourth-order valence-corrected chi connectivity index (χ4v) is 2.81. The van der Waals surface area contributed by atoms with Crippen LogP contribution in [-0.4, -0.2) is 41.8 Å². The number of nitrogens with zero attached hydrogens (tertiary/aromatic N) is 1. The number of carboxylic acids is 1. The van der Waals surface area contributed by atoms with Gasteiger partial charge in [0.05, 0.1) is 6.61 Å². The van der Waals surface area contributed by atoms with E-state index in [1.54, 1.807) is 6.92 Å². The zero-order chi connectivity index (χ0) is 13.9. The van der Waals surface area contributed by atoms with Crippen molar-refractivity contribution in [3.63, 3.8) is 0 Å². The molecule has 8 heteroatoms. The zero-order valence-corrected chi connectivity index (χ0v) is 10.9. The van der Waals surface area contributed by atoms with E-state index < -0.39 is 22.0 Å². The number of sulfonamides is 1. The monoisotopic (exact) mass is 276 g/mol. The minimum atomic E-state index is -3.81. The molecule has 0 aliphatic carbocycles.